The first-order valence-corrected chi connectivity index (χ1v) is 9.47. The minimum atomic E-state index is -0.424. The lowest BCUT2D eigenvalue weighted by molar-refractivity contribution is -0.133. The Bertz CT molecular complexity index is 924. The van der Waals surface area contributed by atoms with Crippen molar-refractivity contribution in [3.05, 3.63) is 59.4 Å². The van der Waals surface area contributed by atoms with Crippen LogP contribution in [0.3, 0.4) is 0 Å². The number of rotatable bonds is 7. The van der Waals surface area contributed by atoms with Gasteiger partial charge in [-0.2, -0.15) is 0 Å². The molecule has 140 valence electrons. The quantitative estimate of drug-likeness (QED) is 0.672. The summed E-state index contributed by atoms with van der Waals surface area (Å²) in [5.41, 5.74) is 1.35. The lowest BCUT2D eigenvalue weighted by Crippen LogP contribution is -2.34. The number of thiazole rings is 1. The molecule has 27 heavy (non-hydrogen) atoms. The number of benzene rings is 2. The van der Waals surface area contributed by atoms with Gasteiger partial charge in [0.25, 0.3) is 0 Å². The molecule has 7 heteroatoms. The van der Waals surface area contributed by atoms with Gasteiger partial charge in [-0.1, -0.05) is 18.2 Å². The van der Waals surface area contributed by atoms with Crippen LogP contribution in [0.15, 0.2) is 48.5 Å². The van der Waals surface area contributed by atoms with Gasteiger partial charge < -0.3 is 10.2 Å². The number of fused-ring (bicyclic) bond motifs is 1. The van der Waals surface area contributed by atoms with Crippen LogP contribution in [0.25, 0.3) is 10.2 Å². The number of para-hydroxylation sites is 1. The number of carbonyl (C=O) groups is 2. The van der Waals surface area contributed by atoms with Crippen molar-refractivity contribution in [3.8, 4) is 0 Å². The fourth-order valence-corrected chi connectivity index (χ4v) is 3.69. The van der Waals surface area contributed by atoms with E-state index in [4.69, 9.17) is 0 Å². The number of aromatic nitrogens is 1. The standard InChI is InChI=1S/C20H20FN3O2S/c1-24(13-18(25)22-15-7-4-6-14(21)12-15)20(26)11-5-10-19-23-16-8-2-3-9-17(16)27-19/h2-4,6-9,12H,5,10-11,13H2,1H3,(H,22,25). The van der Waals surface area contributed by atoms with Crippen molar-refractivity contribution >= 4 is 39.1 Å². The normalized spacial score (nSPS) is 10.7. The lowest BCUT2D eigenvalue weighted by Gasteiger charge is -2.16. The van der Waals surface area contributed by atoms with Gasteiger partial charge in [-0.3, -0.25) is 9.59 Å². The zero-order chi connectivity index (χ0) is 19.2. The van der Waals surface area contributed by atoms with Crippen LogP contribution in [0, 0.1) is 5.82 Å². The largest absolute Gasteiger partial charge is 0.336 e. The Morgan fingerprint density at radius 1 is 1.19 bits per heavy atom. The van der Waals surface area contributed by atoms with Gasteiger partial charge in [0.2, 0.25) is 11.8 Å². The molecule has 3 rings (SSSR count). The zero-order valence-corrected chi connectivity index (χ0v) is 15.8. The smallest absolute Gasteiger partial charge is 0.243 e. The van der Waals surface area contributed by atoms with Gasteiger partial charge in [0.05, 0.1) is 21.8 Å². The Balaban J connectivity index is 1.43. The maximum absolute atomic E-state index is 13.1. The van der Waals surface area contributed by atoms with E-state index in [0.29, 0.717) is 18.5 Å². The number of carbonyl (C=O) groups excluding carboxylic acids is 2. The molecule has 1 N–H and O–H groups in total. The van der Waals surface area contributed by atoms with E-state index in [-0.39, 0.29) is 18.4 Å². The molecule has 1 heterocycles. The van der Waals surface area contributed by atoms with Gasteiger partial charge in [0, 0.05) is 19.2 Å². The first kappa shape index (κ1) is 19.0. The Kier molecular flexibility index (Phi) is 6.13. The Hall–Kier alpha value is -2.80. The molecule has 2 amide bonds. The van der Waals surface area contributed by atoms with E-state index in [1.54, 1.807) is 24.5 Å². The molecule has 0 radical (unpaired) electrons. The second-order valence-corrected chi connectivity index (χ2v) is 7.35. The van der Waals surface area contributed by atoms with Gasteiger partial charge in [-0.15, -0.1) is 11.3 Å². The number of halogens is 1. The molecule has 0 fully saturated rings. The minimum absolute atomic E-state index is 0.0729. The Morgan fingerprint density at radius 3 is 2.78 bits per heavy atom. The van der Waals surface area contributed by atoms with Crippen LogP contribution in [0.1, 0.15) is 17.8 Å². The summed E-state index contributed by atoms with van der Waals surface area (Å²) in [7, 11) is 1.59. The summed E-state index contributed by atoms with van der Waals surface area (Å²) in [5.74, 6) is -0.889. The predicted octanol–water partition coefficient (Wildman–Crippen LogP) is 3.86. The van der Waals surface area contributed by atoms with Crippen LogP contribution in [0.4, 0.5) is 10.1 Å². The third-order valence-corrected chi connectivity index (χ3v) is 5.13. The molecule has 5 nitrogen and oxygen atoms in total. The van der Waals surface area contributed by atoms with E-state index in [1.165, 1.54) is 23.1 Å². The average Bonchev–Trinajstić information content (AvgIpc) is 3.04. The molecule has 1 aromatic heterocycles. The van der Waals surface area contributed by atoms with Crippen LogP contribution >= 0.6 is 11.3 Å². The summed E-state index contributed by atoms with van der Waals surface area (Å²) in [6, 6.07) is 13.6. The van der Waals surface area contributed by atoms with Crippen LogP contribution in [0.5, 0.6) is 0 Å². The van der Waals surface area contributed by atoms with Crippen LogP contribution in [0.2, 0.25) is 0 Å². The number of aryl methyl sites for hydroxylation is 1. The molecule has 0 saturated carbocycles. The predicted molar refractivity (Wildman–Crippen MR) is 105 cm³/mol. The first-order chi connectivity index (χ1) is 13.0. The molecule has 0 aliphatic carbocycles. The van der Waals surface area contributed by atoms with Crippen LogP contribution < -0.4 is 5.32 Å². The molecule has 3 aromatic rings. The van der Waals surface area contributed by atoms with E-state index in [0.717, 1.165) is 21.6 Å². The topological polar surface area (TPSA) is 62.3 Å². The second-order valence-electron chi connectivity index (χ2n) is 6.24. The summed E-state index contributed by atoms with van der Waals surface area (Å²) >= 11 is 1.64. The van der Waals surface area contributed by atoms with Crippen molar-refractivity contribution in [1.82, 2.24) is 9.88 Å². The number of amides is 2. The van der Waals surface area contributed by atoms with Gasteiger partial charge >= 0.3 is 0 Å². The maximum atomic E-state index is 13.1. The van der Waals surface area contributed by atoms with Crippen molar-refractivity contribution < 1.29 is 14.0 Å². The summed E-state index contributed by atoms with van der Waals surface area (Å²) in [6.07, 6.45) is 1.75. The summed E-state index contributed by atoms with van der Waals surface area (Å²) in [4.78, 5) is 30.2. The van der Waals surface area contributed by atoms with E-state index in [1.807, 2.05) is 24.3 Å². The molecule has 0 unspecified atom stereocenters. The lowest BCUT2D eigenvalue weighted by atomic mass is 10.2. The van der Waals surface area contributed by atoms with Crippen LogP contribution in [-0.4, -0.2) is 35.3 Å². The number of nitrogens with one attached hydrogen (secondary N) is 1. The van der Waals surface area contributed by atoms with E-state index >= 15 is 0 Å². The molecular weight excluding hydrogens is 365 g/mol. The molecule has 0 bridgehead atoms. The third kappa shape index (κ3) is 5.34. The number of hydrogen-bond donors (Lipinski definition) is 1. The minimum Gasteiger partial charge on any atom is -0.336 e. The number of hydrogen-bond acceptors (Lipinski definition) is 4. The molecule has 0 aliphatic heterocycles. The fraction of sp³-hybridized carbons (Fsp3) is 0.250. The molecule has 0 spiro atoms. The monoisotopic (exact) mass is 385 g/mol. The van der Waals surface area contributed by atoms with E-state index in [9.17, 15) is 14.0 Å². The molecular formula is C20H20FN3O2S. The molecule has 2 aromatic carbocycles. The van der Waals surface area contributed by atoms with Crippen molar-refractivity contribution in [2.45, 2.75) is 19.3 Å². The molecule has 0 saturated heterocycles. The summed E-state index contributed by atoms with van der Waals surface area (Å²) in [6.45, 7) is -0.0729. The van der Waals surface area contributed by atoms with Gasteiger partial charge in [0.1, 0.15) is 5.82 Å². The van der Waals surface area contributed by atoms with E-state index < -0.39 is 5.82 Å². The third-order valence-electron chi connectivity index (χ3n) is 4.03. The van der Waals surface area contributed by atoms with Gasteiger partial charge in [0.15, 0.2) is 0 Å². The number of anilines is 1. The van der Waals surface area contributed by atoms with Gasteiger partial charge in [-0.25, -0.2) is 9.37 Å². The summed E-state index contributed by atoms with van der Waals surface area (Å²) < 4.78 is 14.3. The fourth-order valence-electron chi connectivity index (χ4n) is 2.68. The Labute approximate surface area is 160 Å². The first-order valence-electron chi connectivity index (χ1n) is 8.65. The SMILES string of the molecule is CN(CC(=O)Nc1cccc(F)c1)C(=O)CCCc1nc2ccccc2s1. The van der Waals surface area contributed by atoms with Crippen molar-refractivity contribution in [2.75, 3.05) is 18.9 Å². The van der Waals surface area contributed by atoms with Crippen molar-refractivity contribution in [3.63, 3.8) is 0 Å². The van der Waals surface area contributed by atoms with Crippen LogP contribution in [-0.2, 0) is 16.0 Å². The number of nitrogens with zero attached hydrogens (tertiary/aromatic N) is 2. The van der Waals surface area contributed by atoms with Gasteiger partial charge in [-0.05, 0) is 43.2 Å². The molecule has 0 aliphatic rings. The summed E-state index contributed by atoms with van der Waals surface area (Å²) in [5, 5.41) is 3.59. The number of likely N-dealkylation sites (N-methyl/N-ethyl adjacent to an activating group) is 1. The highest BCUT2D eigenvalue weighted by Crippen LogP contribution is 2.22. The van der Waals surface area contributed by atoms with E-state index in [2.05, 4.69) is 10.3 Å². The van der Waals surface area contributed by atoms with Crippen molar-refractivity contribution in [1.29, 1.82) is 0 Å². The second kappa shape index (κ2) is 8.73. The highest BCUT2D eigenvalue weighted by atomic mass is 32.1. The zero-order valence-electron chi connectivity index (χ0n) is 14.9. The Morgan fingerprint density at radius 2 is 2.00 bits per heavy atom. The van der Waals surface area contributed by atoms with Crippen molar-refractivity contribution in [2.24, 2.45) is 0 Å². The average molecular weight is 385 g/mol. The highest BCUT2D eigenvalue weighted by molar-refractivity contribution is 7.18. The molecule has 0 atom stereocenters. The highest BCUT2D eigenvalue weighted by Gasteiger charge is 2.13. The maximum Gasteiger partial charge on any atom is 0.243 e.